The molecule has 3 heteroatoms. The van der Waals surface area contributed by atoms with E-state index in [9.17, 15) is 0 Å². The number of hydrogen-bond donors (Lipinski definition) is 2. The van der Waals surface area contributed by atoms with E-state index in [4.69, 9.17) is 10.3 Å². The summed E-state index contributed by atoms with van der Waals surface area (Å²) in [6, 6.07) is 4.18. The largest absolute Gasteiger partial charge is 0.465 e. The van der Waals surface area contributed by atoms with Crippen LogP contribution in [0.3, 0.4) is 0 Å². The minimum Gasteiger partial charge on any atom is -0.465 e. The van der Waals surface area contributed by atoms with Gasteiger partial charge in [-0.3, -0.25) is 5.84 Å². The van der Waals surface area contributed by atoms with Gasteiger partial charge in [0.2, 0.25) is 0 Å². The molecule has 3 N–H and O–H groups in total. The highest BCUT2D eigenvalue weighted by Gasteiger charge is 2.12. The summed E-state index contributed by atoms with van der Waals surface area (Å²) in [7, 11) is 0. The first-order valence-corrected chi connectivity index (χ1v) is 8.80. The van der Waals surface area contributed by atoms with Crippen molar-refractivity contribution in [3.8, 4) is 0 Å². The molecule has 1 aromatic rings. The number of hydrazine groups is 1. The van der Waals surface area contributed by atoms with Gasteiger partial charge in [0.15, 0.2) is 0 Å². The van der Waals surface area contributed by atoms with E-state index in [0.29, 0.717) is 0 Å². The first-order valence-electron chi connectivity index (χ1n) is 8.80. The Labute approximate surface area is 130 Å². The molecule has 0 radical (unpaired) electrons. The van der Waals surface area contributed by atoms with Crippen molar-refractivity contribution in [1.82, 2.24) is 5.43 Å². The monoisotopic (exact) mass is 294 g/mol. The third-order valence-electron chi connectivity index (χ3n) is 4.15. The molecule has 0 saturated carbocycles. The summed E-state index contributed by atoms with van der Waals surface area (Å²) in [5, 5.41) is 0. The van der Waals surface area contributed by atoms with Gasteiger partial charge < -0.3 is 4.42 Å². The van der Waals surface area contributed by atoms with Crippen LogP contribution in [-0.4, -0.2) is 0 Å². The van der Waals surface area contributed by atoms with Gasteiger partial charge in [-0.1, -0.05) is 71.1 Å². The van der Waals surface area contributed by atoms with E-state index < -0.39 is 0 Å². The second-order valence-electron chi connectivity index (χ2n) is 6.14. The zero-order valence-electron chi connectivity index (χ0n) is 14.0. The molecule has 122 valence electrons. The Balaban J connectivity index is 1.98. The van der Waals surface area contributed by atoms with Crippen LogP contribution in [0, 0.1) is 6.92 Å². The summed E-state index contributed by atoms with van der Waals surface area (Å²) in [6.07, 6.45) is 14.7. The zero-order valence-corrected chi connectivity index (χ0v) is 14.0. The Bertz CT molecular complexity index is 349. The van der Waals surface area contributed by atoms with E-state index in [1.54, 1.807) is 0 Å². The third-order valence-corrected chi connectivity index (χ3v) is 4.15. The van der Waals surface area contributed by atoms with Crippen molar-refractivity contribution < 1.29 is 4.42 Å². The first-order chi connectivity index (χ1) is 10.3. The average molecular weight is 294 g/mol. The van der Waals surface area contributed by atoms with E-state index in [1.807, 2.05) is 19.1 Å². The standard InChI is InChI=1S/C18H34N2O/c1-3-4-5-6-7-8-9-10-11-12-13-17(20-19)18-15-14-16(2)21-18/h14-15,17,20H,3-13,19H2,1-2H3. The first kappa shape index (κ1) is 18.2. The maximum Gasteiger partial charge on any atom is 0.122 e. The molecular weight excluding hydrogens is 260 g/mol. The molecule has 0 aliphatic heterocycles. The average Bonchev–Trinajstić information content (AvgIpc) is 2.91. The molecule has 0 aliphatic rings. The summed E-state index contributed by atoms with van der Waals surface area (Å²) in [6.45, 7) is 4.24. The Morgan fingerprint density at radius 1 is 0.952 bits per heavy atom. The van der Waals surface area contributed by atoms with E-state index in [0.717, 1.165) is 17.9 Å². The van der Waals surface area contributed by atoms with Gasteiger partial charge in [-0.15, -0.1) is 0 Å². The molecule has 1 rings (SSSR count). The smallest absolute Gasteiger partial charge is 0.122 e. The molecule has 0 spiro atoms. The number of nitrogens with one attached hydrogen (secondary N) is 1. The second-order valence-corrected chi connectivity index (χ2v) is 6.14. The van der Waals surface area contributed by atoms with Gasteiger partial charge in [0.25, 0.3) is 0 Å². The molecule has 0 fully saturated rings. The molecule has 0 saturated heterocycles. The van der Waals surface area contributed by atoms with Crippen LogP contribution in [-0.2, 0) is 0 Å². The van der Waals surface area contributed by atoms with Crippen molar-refractivity contribution >= 4 is 0 Å². The fraction of sp³-hybridized carbons (Fsp3) is 0.778. The van der Waals surface area contributed by atoms with Crippen LogP contribution in [0.5, 0.6) is 0 Å². The highest BCUT2D eigenvalue weighted by molar-refractivity contribution is 5.09. The van der Waals surface area contributed by atoms with Crippen molar-refractivity contribution in [3.05, 3.63) is 23.7 Å². The fourth-order valence-corrected chi connectivity index (χ4v) is 2.78. The number of rotatable bonds is 13. The number of furan rings is 1. The van der Waals surface area contributed by atoms with E-state index in [1.165, 1.54) is 64.2 Å². The summed E-state index contributed by atoms with van der Waals surface area (Å²) < 4.78 is 5.64. The Kier molecular flexibility index (Phi) is 10.3. The number of nitrogens with two attached hydrogens (primary N) is 1. The Morgan fingerprint density at radius 2 is 1.52 bits per heavy atom. The van der Waals surface area contributed by atoms with E-state index in [-0.39, 0.29) is 6.04 Å². The van der Waals surface area contributed by atoms with Crippen LogP contribution < -0.4 is 11.3 Å². The van der Waals surface area contributed by atoms with Crippen molar-refractivity contribution in [2.45, 2.75) is 90.5 Å². The van der Waals surface area contributed by atoms with E-state index in [2.05, 4.69) is 12.3 Å². The lowest BCUT2D eigenvalue weighted by Crippen LogP contribution is -2.27. The molecule has 1 unspecified atom stereocenters. The predicted octanol–water partition coefficient (Wildman–Crippen LogP) is 5.40. The minimum atomic E-state index is 0.160. The third kappa shape index (κ3) is 8.27. The van der Waals surface area contributed by atoms with Crippen molar-refractivity contribution in [1.29, 1.82) is 0 Å². The normalized spacial score (nSPS) is 12.7. The van der Waals surface area contributed by atoms with Crippen molar-refractivity contribution in [2.75, 3.05) is 0 Å². The maximum absolute atomic E-state index is 5.64. The molecule has 21 heavy (non-hydrogen) atoms. The molecule has 3 nitrogen and oxygen atoms in total. The number of aryl methyl sites for hydroxylation is 1. The molecular formula is C18H34N2O. The SMILES string of the molecule is CCCCCCCCCCCCC(NN)c1ccc(C)o1. The van der Waals surface area contributed by atoms with Gasteiger partial charge in [-0.2, -0.15) is 0 Å². The topological polar surface area (TPSA) is 51.2 Å². The molecule has 0 bridgehead atoms. The summed E-state index contributed by atoms with van der Waals surface area (Å²) in [5.74, 6) is 7.54. The highest BCUT2D eigenvalue weighted by atomic mass is 16.3. The van der Waals surface area contributed by atoms with Crippen LogP contribution >= 0.6 is 0 Å². The molecule has 1 atom stereocenters. The van der Waals surface area contributed by atoms with Gasteiger partial charge in [-0.25, -0.2) is 5.43 Å². The lowest BCUT2D eigenvalue weighted by molar-refractivity contribution is 0.379. The van der Waals surface area contributed by atoms with Crippen molar-refractivity contribution in [2.24, 2.45) is 5.84 Å². The van der Waals surface area contributed by atoms with E-state index >= 15 is 0 Å². The summed E-state index contributed by atoms with van der Waals surface area (Å²) in [4.78, 5) is 0. The lowest BCUT2D eigenvalue weighted by Gasteiger charge is -2.13. The molecule has 0 aliphatic carbocycles. The van der Waals surface area contributed by atoms with Crippen LogP contribution in [0.25, 0.3) is 0 Å². The Morgan fingerprint density at radius 3 is 2.00 bits per heavy atom. The quantitative estimate of drug-likeness (QED) is 0.291. The lowest BCUT2D eigenvalue weighted by atomic mass is 10.0. The number of hydrogen-bond acceptors (Lipinski definition) is 3. The van der Waals surface area contributed by atoms with Crippen LogP contribution in [0.4, 0.5) is 0 Å². The summed E-state index contributed by atoms with van der Waals surface area (Å²) in [5.41, 5.74) is 2.87. The molecule has 0 amide bonds. The van der Waals surface area contributed by atoms with Gasteiger partial charge >= 0.3 is 0 Å². The van der Waals surface area contributed by atoms with Gasteiger partial charge in [0.1, 0.15) is 11.5 Å². The molecule has 1 aromatic heterocycles. The van der Waals surface area contributed by atoms with Crippen LogP contribution in [0.2, 0.25) is 0 Å². The van der Waals surface area contributed by atoms with Crippen LogP contribution in [0.1, 0.15) is 95.1 Å². The highest BCUT2D eigenvalue weighted by Crippen LogP contribution is 2.21. The van der Waals surface area contributed by atoms with Gasteiger partial charge in [-0.05, 0) is 25.5 Å². The fourth-order valence-electron chi connectivity index (χ4n) is 2.78. The predicted molar refractivity (Wildman–Crippen MR) is 90.0 cm³/mol. The number of unbranched alkanes of at least 4 members (excludes halogenated alkanes) is 9. The van der Waals surface area contributed by atoms with Crippen molar-refractivity contribution in [3.63, 3.8) is 0 Å². The zero-order chi connectivity index (χ0) is 15.3. The van der Waals surface area contributed by atoms with Gasteiger partial charge in [0, 0.05) is 0 Å². The van der Waals surface area contributed by atoms with Gasteiger partial charge in [0.05, 0.1) is 6.04 Å². The summed E-state index contributed by atoms with van der Waals surface area (Å²) >= 11 is 0. The van der Waals surface area contributed by atoms with Crippen LogP contribution in [0.15, 0.2) is 16.5 Å². The molecule has 0 aromatic carbocycles. The Hall–Kier alpha value is -0.800. The maximum atomic E-state index is 5.64. The minimum absolute atomic E-state index is 0.160. The molecule has 1 heterocycles. The second kappa shape index (κ2) is 11.8.